The summed E-state index contributed by atoms with van der Waals surface area (Å²) in [6.45, 7) is 6.76. The smallest absolute Gasteiger partial charge is 0.339 e. The van der Waals surface area contributed by atoms with Crippen molar-refractivity contribution < 1.29 is 34.3 Å². The maximum Gasteiger partial charge on any atom is 0.339 e. The SMILES string of the molecule is COc1ccc(Oc2cc(-c3cc(C)c(OCCN[C@H](C)[C@@H](O)c4ccc(O)cc4)c(C)c3)ccc2C(=O)O)cc1. The monoisotopic (exact) mass is 557 g/mol. The van der Waals surface area contributed by atoms with E-state index in [1.54, 1.807) is 73.8 Å². The van der Waals surface area contributed by atoms with Gasteiger partial charge in [0.15, 0.2) is 0 Å². The number of aromatic hydroxyl groups is 1. The van der Waals surface area contributed by atoms with E-state index in [4.69, 9.17) is 14.2 Å². The Morgan fingerprint density at radius 3 is 2.12 bits per heavy atom. The Morgan fingerprint density at radius 1 is 0.878 bits per heavy atom. The minimum absolute atomic E-state index is 0.0650. The molecule has 0 heterocycles. The zero-order valence-corrected chi connectivity index (χ0v) is 23.5. The van der Waals surface area contributed by atoms with Crippen LogP contribution in [0.2, 0.25) is 0 Å². The minimum Gasteiger partial charge on any atom is -0.508 e. The van der Waals surface area contributed by atoms with Gasteiger partial charge in [0, 0.05) is 12.6 Å². The minimum atomic E-state index is -1.07. The second-order valence-corrected chi connectivity index (χ2v) is 9.86. The van der Waals surface area contributed by atoms with Gasteiger partial charge in [0.05, 0.1) is 13.2 Å². The van der Waals surface area contributed by atoms with Crippen LogP contribution < -0.4 is 19.5 Å². The van der Waals surface area contributed by atoms with E-state index < -0.39 is 12.1 Å². The van der Waals surface area contributed by atoms with Crippen molar-refractivity contribution >= 4 is 5.97 Å². The zero-order valence-electron chi connectivity index (χ0n) is 23.5. The largest absolute Gasteiger partial charge is 0.508 e. The van der Waals surface area contributed by atoms with Gasteiger partial charge in [-0.15, -0.1) is 0 Å². The molecule has 4 rings (SSSR count). The van der Waals surface area contributed by atoms with Crippen LogP contribution in [0.5, 0.6) is 28.7 Å². The van der Waals surface area contributed by atoms with Crippen molar-refractivity contribution in [2.45, 2.75) is 32.9 Å². The number of ether oxygens (including phenoxy) is 3. The van der Waals surface area contributed by atoms with E-state index in [0.29, 0.717) is 24.7 Å². The zero-order chi connectivity index (χ0) is 29.5. The van der Waals surface area contributed by atoms with Crippen LogP contribution in [0.1, 0.15) is 40.1 Å². The van der Waals surface area contributed by atoms with E-state index in [1.165, 1.54) is 0 Å². The number of carbonyl (C=O) groups is 1. The lowest BCUT2D eigenvalue weighted by Crippen LogP contribution is -2.35. The van der Waals surface area contributed by atoms with Crippen molar-refractivity contribution in [2.75, 3.05) is 20.3 Å². The van der Waals surface area contributed by atoms with Crippen molar-refractivity contribution in [3.63, 3.8) is 0 Å². The lowest BCUT2D eigenvalue weighted by atomic mass is 9.98. The number of phenols is 1. The number of carboxylic acids is 1. The first-order valence-electron chi connectivity index (χ1n) is 13.3. The average molecular weight is 558 g/mol. The number of carboxylic acid groups (broad SMARTS) is 1. The predicted molar refractivity (Wildman–Crippen MR) is 157 cm³/mol. The highest BCUT2D eigenvalue weighted by atomic mass is 16.5. The number of aliphatic hydroxyl groups is 1. The molecule has 0 unspecified atom stereocenters. The molecule has 0 aliphatic heterocycles. The van der Waals surface area contributed by atoms with Crippen molar-refractivity contribution in [3.05, 3.63) is 101 Å². The van der Waals surface area contributed by atoms with Gasteiger partial charge in [-0.2, -0.15) is 0 Å². The molecule has 8 heteroatoms. The number of aliphatic hydroxyl groups excluding tert-OH is 1. The van der Waals surface area contributed by atoms with Gasteiger partial charge in [0.1, 0.15) is 40.9 Å². The van der Waals surface area contributed by atoms with Crippen molar-refractivity contribution in [1.82, 2.24) is 5.32 Å². The molecule has 0 bridgehead atoms. The number of aryl methyl sites for hydroxylation is 2. The van der Waals surface area contributed by atoms with E-state index in [2.05, 4.69) is 5.32 Å². The third kappa shape index (κ3) is 7.36. The van der Waals surface area contributed by atoms with Crippen LogP contribution in [0, 0.1) is 13.8 Å². The van der Waals surface area contributed by atoms with E-state index in [-0.39, 0.29) is 23.1 Å². The lowest BCUT2D eigenvalue weighted by Gasteiger charge is -2.21. The van der Waals surface area contributed by atoms with E-state index in [0.717, 1.165) is 33.6 Å². The quantitative estimate of drug-likeness (QED) is 0.151. The Bertz CT molecular complexity index is 1460. The van der Waals surface area contributed by atoms with Gasteiger partial charge >= 0.3 is 5.97 Å². The number of phenolic OH excluding ortho intramolecular Hbond substituents is 1. The molecule has 0 radical (unpaired) electrons. The van der Waals surface area contributed by atoms with Gasteiger partial charge in [0.25, 0.3) is 0 Å². The summed E-state index contributed by atoms with van der Waals surface area (Å²) < 4.78 is 17.2. The molecule has 0 aromatic heterocycles. The number of hydrogen-bond acceptors (Lipinski definition) is 7. The number of nitrogens with one attached hydrogen (secondary N) is 1. The Balaban J connectivity index is 1.43. The fourth-order valence-corrected chi connectivity index (χ4v) is 4.59. The molecule has 0 aliphatic carbocycles. The number of methoxy groups -OCH3 is 1. The molecule has 41 heavy (non-hydrogen) atoms. The first-order valence-corrected chi connectivity index (χ1v) is 13.3. The number of benzene rings is 4. The highest BCUT2D eigenvalue weighted by Crippen LogP contribution is 2.35. The Morgan fingerprint density at radius 2 is 1.51 bits per heavy atom. The van der Waals surface area contributed by atoms with Crippen LogP contribution in [-0.4, -0.2) is 47.6 Å². The van der Waals surface area contributed by atoms with E-state index in [9.17, 15) is 20.1 Å². The third-order valence-corrected chi connectivity index (χ3v) is 6.82. The molecule has 0 spiro atoms. The van der Waals surface area contributed by atoms with Gasteiger partial charge < -0.3 is 34.8 Å². The second-order valence-electron chi connectivity index (χ2n) is 9.86. The molecule has 0 aliphatic rings. The Hall–Kier alpha value is -4.53. The van der Waals surface area contributed by atoms with Gasteiger partial charge in [-0.05, 0) is 109 Å². The van der Waals surface area contributed by atoms with Crippen LogP contribution in [0.3, 0.4) is 0 Å². The predicted octanol–water partition coefficient (Wildman–Crippen LogP) is 6.27. The van der Waals surface area contributed by atoms with Gasteiger partial charge in [-0.3, -0.25) is 0 Å². The first kappa shape index (κ1) is 29.5. The van der Waals surface area contributed by atoms with Gasteiger partial charge in [-0.25, -0.2) is 4.79 Å². The van der Waals surface area contributed by atoms with Crippen LogP contribution >= 0.6 is 0 Å². The summed E-state index contributed by atoms with van der Waals surface area (Å²) in [4.78, 5) is 11.9. The molecule has 0 saturated heterocycles. The third-order valence-electron chi connectivity index (χ3n) is 6.82. The van der Waals surface area contributed by atoms with Crippen LogP contribution in [0.15, 0.2) is 78.9 Å². The summed E-state index contributed by atoms with van der Waals surface area (Å²) in [5.74, 6) is 1.28. The Kier molecular flexibility index (Phi) is 9.49. The molecule has 4 N–H and O–H groups in total. The molecule has 214 valence electrons. The van der Waals surface area contributed by atoms with Crippen molar-refractivity contribution in [2.24, 2.45) is 0 Å². The van der Waals surface area contributed by atoms with Crippen LogP contribution in [-0.2, 0) is 0 Å². The summed E-state index contributed by atoms with van der Waals surface area (Å²) >= 11 is 0. The fourth-order valence-electron chi connectivity index (χ4n) is 4.59. The standard InChI is InChI=1S/C33H35NO7/c1-20-17-25(24-7-14-29(33(37)38)30(19-24)41-28-12-10-27(39-4)11-13-28)18-21(2)32(20)40-16-15-34-22(3)31(36)23-5-8-26(35)9-6-23/h5-14,17-19,22,31,34-36H,15-16H2,1-4H3,(H,37,38)/t22-,31-/m1/s1. The molecular formula is C33H35NO7. The van der Waals surface area contributed by atoms with Crippen LogP contribution in [0.25, 0.3) is 11.1 Å². The van der Waals surface area contributed by atoms with Gasteiger partial charge in [0.2, 0.25) is 0 Å². The number of rotatable bonds is 12. The molecule has 0 fully saturated rings. The molecule has 4 aromatic carbocycles. The summed E-state index contributed by atoms with van der Waals surface area (Å²) in [7, 11) is 1.58. The van der Waals surface area contributed by atoms with E-state index in [1.807, 2.05) is 32.9 Å². The molecule has 8 nitrogen and oxygen atoms in total. The van der Waals surface area contributed by atoms with Crippen molar-refractivity contribution in [3.8, 4) is 39.9 Å². The summed E-state index contributed by atoms with van der Waals surface area (Å²) in [5.41, 5.74) is 4.40. The topological polar surface area (TPSA) is 117 Å². The molecule has 2 atom stereocenters. The van der Waals surface area contributed by atoms with Gasteiger partial charge in [-0.1, -0.05) is 18.2 Å². The Labute approximate surface area is 239 Å². The normalized spacial score (nSPS) is 12.4. The molecule has 0 saturated carbocycles. The highest BCUT2D eigenvalue weighted by molar-refractivity contribution is 5.92. The maximum absolute atomic E-state index is 11.9. The molecule has 0 amide bonds. The lowest BCUT2D eigenvalue weighted by molar-refractivity contribution is 0.0694. The molecular weight excluding hydrogens is 522 g/mol. The maximum atomic E-state index is 11.9. The van der Waals surface area contributed by atoms with Crippen molar-refractivity contribution in [1.29, 1.82) is 0 Å². The summed E-state index contributed by atoms with van der Waals surface area (Å²) in [5, 5.41) is 33.0. The first-order chi connectivity index (χ1) is 19.7. The fraction of sp³-hybridized carbons (Fsp3) is 0.242. The number of aromatic carboxylic acids is 1. The second kappa shape index (κ2) is 13.2. The summed E-state index contributed by atoms with van der Waals surface area (Å²) in [6.07, 6.45) is -0.718. The number of hydrogen-bond donors (Lipinski definition) is 4. The van der Waals surface area contributed by atoms with Crippen LogP contribution in [0.4, 0.5) is 0 Å². The average Bonchev–Trinajstić information content (AvgIpc) is 2.96. The summed E-state index contributed by atoms with van der Waals surface area (Å²) in [6, 6.07) is 22.3. The highest BCUT2D eigenvalue weighted by Gasteiger charge is 2.17. The molecule has 4 aromatic rings. The van der Waals surface area contributed by atoms with E-state index >= 15 is 0 Å².